The van der Waals surface area contributed by atoms with Crippen molar-refractivity contribution >= 4 is 0 Å². The summed E-state index contributed by atoms with van der Waals surface area (Å²) in [5.41, 5.74) is 0. The van der Waals surface area contributed by atoms with E-state index in [0.29, 0.717) is 31.1 Å². The molecule has 0 amide bonds. The summed E-state index contributed by atoms with van der Waals surface area (Å²) < 4.78 is 11.9. The van der Waals surface area contributed by atoms with Crippen LogP contribution in [0.3, 0.4) is 0 Å². The Kier molecular flexibility index (Phi) is 7.33. The van der Waals surface area contributed by atoms with Crippen molar-refractivity contribution in [3.8, 4) is 0 Å². The maximum absolute atomic E-state index is 10.4. The largest absolute Gasteiger partial charge is 0.389 e. The van der Waals surface area contributed by atoms with Crippen molar-refractivity contribution in [2.75, 3.05) is 26.2 Å². The van der Waals surface area contributed by atoms with Gasteiger partial charge in [0, 0.05) is 19.6 Å². The zero-order chi connectivity index (χ0) is 17.0. The van der Waals surface area contributed by atoms with E-state index in [1.165, 1.54) is 12.8 Å². The summed E-state index contributed by atoms with van der Waals surface area (Å²) in [7, 11) is 0. The first kappa shape index (κ1) is 19.2. The first-order chi connectivity index (χ1) is 10.8. The summed E-state index contributed by atoms with van der Waals surface area (Å²) in [6.07, 6.45) is 4.12. The summed E-state index contributed by atoms with van der Waals surface area (Å²) in [5, 5.41) is 10.4. The summed E-state index contributed by atoms with van der Waals surface area (Å²) in [5.74, 6) is 2.04. The van der Waals surface area contributed by atoms with Crippen molar-refractivity contribution in [1.29, 1.82) is 0 Å². The van der Waals surface area contributed by atoms with E-state index in [1.54, 1.807) is 0 Å². The molecule has 1 heterocycles. The molecule has 1 N–H and O–H groups in total. The molecule has 2 aliphatic rings. The zero-order valence-corrected chi connectivity index (χ0v) is 15.7. The van der Waals surface area contributed by atoms with Gasteiger partial charge in [-0.05, 0) is 44.4 Å². The average Bonchev–Trinajstić information content (AvgIpc) is 2.43. The molecule has 1 saturated carbocycles. The Morgan fingerprint density at radius 1 is 1.13 bits per heavy atom. The fourth-order valence-electron chi connectivity index (χ4n) is 4.33. The molecule has 136 valence electrons. The van der Waals surface area contributed by atoms with Gasteiger partial charge in [-0.25, -0.2) is 0 Å². The lowest BCUT2D eigenvalue weighted by Gasteiger charge is -2.38. The highest BCUT2D eigenvalue weighted by atomic mass is 16.5. The van der Waals surface area contributed by atoms with Crippen LogP contribution in [0.2, 0.25) is 0 Å². The molecule has 0 unspecified atom stereocenters. The van der Waals surface area contributed by atoms with Crippen molar-refractivity contribution in [3.05, 3.63) is 0 Å². The summed E-state index contributed by atoms with van der Waals surface area (Å²) in [4.78, 5) is 2.30. The lowest BCUT2D eigenvalue weighted by atomic mass is 9.75. The number of nitrogens with zero attached hydrogens (tertiary/aromatic N) is 1. The van der Waals surface area contributed by atoms with E-state index in [4.69, 9.17) is 9.47 Å². The Bertz CT molecular complexity index is 340. The summed E-state index contributed by atoms with van der Waals surface area (Å²) >= 11 is 0. The van der Waals surface area contributed by atoms with E-state index in [9.17, 15) is 5.11 Å². The third-order valence-electron chi connectivity index (χ3n) is 5.43. The molecule has 1 saturated heterocycles. The second-order valence-corrected chi connectivity index (χ2v) is 8.33. The second-order valence-electron chi connectivity index (χ2n) is 8.33. The van der Waals surface area contributed by atoms with Gasteiger partial charge in [0.15, 0.2) is 0 Å². The Labute approximate surface area is 142 Å². The van der Waals surface area contributed by atoms with Gasteiger partial charge < -0.3 is 14.6 Å². The molecule has 0 bridgehead atoms. The molecular weight excluding hydrogens is 290 g/mol. The Morgan fingerprint density at radius 2 is 1.78 bits per heavy atom. The fraction of sp³-hybridized carbons (Fsp3) is 1.00. The summed E-state index contributed by atoms with van der Waals surface area (Å²) in [6.45, 7) is 14.1. The Morgan fingerprint density at radius 3 is 2.39 bits per heavy atom. The average molecular weight is 328 g/mol. The predicted octanol–water partition coefficient (Wildman–Crippen LogP) is 2.93. The number of aliphatic hydroxyl groups is 1. The molecule has 2 fully saturated rings. The maximum atomic E-state index is 10.4. The van der Waals surface area contributed by atoms with Gasteiger partial charge in [0.25, 0.3) is 0 Å². The third-order valence-corrected chi connectivity index (χ3v) is 5.43. The first-order valence-electron chi connectivity index (χ1n) is 9.52. The van der Waals surface area contributed by atoms with Gasteiger partial charge in [0.2, 0.25) is 0 Å². The monoisotopic (exact) mass is 327 g/mol. The van der Waals surface area contributed by atoms with Crippen molar-refractivity contribution in [3.63, 3.8) is 0 Å². The van der Waals surface area contributed by atoms with Crippen LogP contribution in [0.25, 0.3) is 0 Å². The normalized spacial score (nSPS) is 38.0. The number of ether oxygens (including phenoxy) is 2. The minimum atomic E-state index is -0.405. The highest BCUT2D eigenvalue weighted by molar-refractivity contribution is 4.82. The molecular formula is C19H37NO3. The molecule has 4 nitrogen and oxygen atoms in total. The van der Waals surface area contributed by atoms with Gasteiger partial charge in [-0.1, -0.05) is 27.2 Å². The Hall–Kier alpha value is -0.160. The fourth-order valence-corrected chi connectivity index (χ4v) is 4.33. The van der Waals surface area contributed by atoms with E-state index in [-0.39, 0.29) is 12.2 Å². The van der Waals surface area contributed by atoms with Crippen LogP contribution < -0.4 is 0 Å². The van der Waals surface area contributed by atoms with Crippen molar-refractivity contribution < 1.29 is 14.6 Å². The molecule has 1 aliphatic carbocycles. The molecule has 6 atom stereocenters. The lowest BCUT2D eigenvalue weighted by molar-refractivity contribution is -0.0974. The van der Waals surface area contributed by atoms with Crippen LogP contribution in [-0.2, 0) is 9.47 Å². The number of hydrogen-bond acceptors (Lipinski definition) is 4. The minimum Gasteiger partial charge on any atom is -0.389 e. The highest BCUT2D eigenvalue weighted by Crippen LogP contribution is 2.35. The van der Waals surface area contributed by atoms with Gasteiger partial charge in [-0.2, -0.15) is 0 Å². The maximum Gasteiger partial charge on any atom is 0.0900 e. The lowest BCUT2D eigenvalue weighted by Crippen LogP contribution is -2.49. The van der Waals surface area contributed by atoms with Gasteiger partial charge in [0.1, 0.15) is 0 Å². The molecule has 0 spiro atoms. The number of morpholine rings is 1. The zero-order valence-electron chi connectivity index (χ0n) is 15.7. The second kappa shape index (κ2) is 8.80. The molecule has 0 aromatic rings. The summed E-state index contributed by atoms with van der Waals surface area (Å²) in [6, 6.07) is 0. The third kappa shape index (κ3) is 6.00. The smallest absolute Gasteiger partial charge is 0.0900 e. The minimum absolute atomic E-state index is 0.247. The van der Waals surface area contributed by atoms with Crippen molar-refractivity contribution in [2.45, 2.75) is 78.3 Å². The Balaban J connectivity index is 1.77. The van der Waals surface area contributed by atoms with Crippen LogP contribution in [0, 0.1) is 17.8 Å². The van der Waals surface area contributed by atoms with Gasteiger partial charge >= 0.3 is 0 Å². The van der Waals surface area contributed by atoms with Crippen LogP contribution >= 0.6 is 0 Å². The molecule has 2 rings (SSSR count). The van der Waals surface area contributed by atoms with E-state index in [1.807, 2.05) is 0 Å². The number of β-amino-alcohol motifs (C(OH)–C–C–N with tert-alkyl or cyclic N) is 1. The molecule has 23 heavy (non-hydrogen) atoms. The predicted molar refractivity (Wildman–Crippen MR) is 93.5 cm³/mol. The van der Waals surface area contributed by atoms with Crippen LogP contribution in [-0.4, -0.2) is 60.7 Å². The van der Waals surface area contributed by atoms with Gasteiger partial charge in [-0.15, -0.1) is 0 Å². The van der Waals surface area contributed by atoms with Crippen LogP contribution in [0.1, 0.15) is 53.9 Å². The molecule has 1 aliphatic heterocycles. The van der Waals surface area contributed by atoms with E-state index >= 15 is 0 Å². The van der Waals surface area contributed by atoms with Gasteiger partial charge in [-0.3, -0.25) is 4.90 Å². The van der Waals surface area contributed by atoms with E-state index < -0.39 is 6.10 Å². The van der Waals surface area contributed by atoms with Crippen LogP contribution in [0.5, 0.6) is 0 Å². The topological polar surface area (TPSA) is 41.9 Å². The first-order valence-corrected chi connectivity index (χ1v) is 9.52. The molecule has 0 aromatic carbocycles. The van der Waals surface area contributed by atoms with E-state index in [2.05, 4.69) is 39.5 Å². The highest BCUT2D eigenvalue weighted by Gasteiger charge is 2.32. The number of hydrogen-bond donors (Lipinski definition) is 1. The number of rotatable bonds is 6. The van der Waals surface area contributed by atoms with Crippen LogP contribution in [0.4, 0.5) is 0 Å². The SMILES string of the molecule is CC(C)[C@H]1CC[C@@H](C)C[C@H]1OC[C@H](O)CN1C[C@@H](C)O[C@@H](C)C1. The van der Waals surface area contributed by atoms with Crippen molar-refractivity contribution in [2.24, 2.45) is 17.8 Å². The molecule has 4 heteroatoms. The van der Waals surface area contributed by atoms with Crippen LogP contribution in [0.15, 0.2) is 0 Å². The van der Waals surface area contributed by atoms with E-state index in [0.717, 1.165) is 25.4 Å². The molecule has 0 aromatic heterocycles. The van der Waals surface area contributed by atoms with Crippen molar-refractivity contribution in [1.82, 2.24) is 4.90 Å². The standard InChI is InChI=1S/C19H37NO3/c1-13(2)18-7-6-14(3)8-19(18)22-12-17(21)11-20-9-15(4)23-16(5)10-20/h13-19,21H,6-12H2,1-5H3/t14-,15-,16+,17-,18-,19-/m1/s1. The quantitative estimate of drug-likeness (QED) is 0.814. The van der Waals surface area contributed by atoms with Gasteiger partial charge in [0.05, 0.1) is 31.0 Å². The number of aliphatic hydroxyl groups excluding tert-OH is 1. The molecule has 0 radical (unpaired) electrons.